The molecule has 1 heterocycles. The molecule has 112 valence electrons. The summed E-state index contributed by atoms with van der Waals surface area (Å²) in [5.74, 6) is -0.652. The molecule has 0 atom stereocenters. The molecule has 0 saturated heterocycles. The van der Waals surface area contributed by atoms with Gasteiger partial charge in [0.05, 0.1) is 5.69 Å². The summed E-state index contributed by atoms with van der Waals surface area (Å²) < 4.78 is 0. The third-order valence-corrected chi connectivity index (χ3v) is 3.44. The summed E-state index contributed by atoms with van der Waals surface area (Å²) in [4.78, 5) is 14.6. The van der Waals surface area contributed by atoms with Crippen LogP contribution in [0, 0.1) is 0 Å². The first kappa shape index (κ1) is 15.0. The molecule has 6 nitrogen and oxygen atoms in total. The molecule has 2 rings (SSSR count). The van der Waals surface area contributed by atoms with Crippen LogP contribution in [0.15, 0.2) is 24.3 Å². The van der Waals surface area contributed by atoms with Gasteiger partial charge in [-0.1, -0.05) is 19.1 Å². The predicted octanol–water partition coefficient (Wildman–Crippen LogP) is 2.37. The maximum absolute atomic E-state index is 11.4. The fourth-order valence-electron chi connectivity index (χ4n) is 2.15. The zero-order valence-electron chi connectivity index (χ0n) is 12.6. The van der Waals surface area contributed by atoms with Gasteiger partial charge in [0.15, 0.2) is 5.82 Å². The summed E-state index contributed by atoms with van der Waals surface area (Å²) in [5, 5.41) is 17.8. The highest BCUT2D eigenvalue weighted by molar-refractivity contribution is 5.91. The Bertz CT molecular complexity index is 615. The van der Waals surface area contributed by atoms with E-state index in [0.717, 1.165) is 12.1 Å². The first-order valence-electron chi connectivity index (χ1n) is 7.15. The van der Waals surface area contributed by atoms with Gasteiger partial charge < -0.3 is 10.0 Å². The molecule has 0 saturated carbocycles. The lowest BCUT2D eigenvalue weighted by molar-refractivity contribution is 0.0690. The fourth-order valence-corrected chi connectivity index (χ4v) is 2.15. The van der Waals surface area contributed by atoms with E-state index in [1.54, 1.807) is 0 Å². The molecule has 0 bridgehead atoms. The SMILES string of the molecule is CCc1ccc(-n2nc(C(=O)O)c(N(CC)CC)n2)cc1. The zero-order chi connectivity index (χ0) is 15.4. The maximum atomic E-state index is 11.4. The van der Waals surface area contributed by atoms with E-state index in [1.165, 1.54) is 10.4 Å². The second-order valence-electron chi connectivity index (χ2n) is 4.66. The summed E-state index contributed by atoms with van der Waals surface area (Å²) >= 11 is 0. The van der Waals surface area contributed by atoms with Crippen LogP contribution >= 0.6 is 0 Å². The van der Waals surface area contributed by atoms with Crippen LogP contribution in [0.2, 0.25) is 0 Å². The normalized spacial score (nSPS) is 10.6. The fraction of sp³-hybridized carbons (Fsp3) is 0.400. The van der Waals surface area contributed by atoms with Gasteiger partial charge in [0, 0.05) is 13.1 Å². The van der Waals surface area contributed by atoms with Crippen LogP contribution in [0.4, 0.5) is 5.82 Å². The van der Waals surface area contributed by atoms with Crippen LogP contribution in [0.3, 0.4) is 0 Å². The van der Waals surface area contributed by atoms with E-state index in [4.69, 9.17) is 0 Å². The summed E-state index contributed by atoms with van der Waals surface area (Å²) in [5.41, 5.74) is 1.96. The number of nitrogens with zero attached hydrogens (tertiary/aromatic N) is 4. The third kappa shape index (κ3) is 3.04. The van der Waals surface area contributed by atoms with E-state index in [1.807, 2.05) is 43.0 Å². The number of aryl methyl sites for hydroxylation is 1. The number of benzene rings is 1. The van der Waals surface area contributed by atoms with Crippen molar-refractivity contribution in [2.75, 3.05) is 18.0 Å². The van der Waals surface area contributed by atoms with Crippen molar-refractivity contribution in [1.29, 1.82) is 0 Å². The predicted molar refractivity (Wildman–Crippen MR) is 81.3 cm³/mol. The Morgan fingerprint density at radius 1 is 1.14 bits per heavy atom. The number of hydrogen-bond acceptors (Lipinski definition) is 4. The lowest BCUT2D eigenvalue weighted by atomic mass is 10.2. The van der Waals surface area contributed by atoms with E-state index >= 15 is 0 Å². The van der Waals surface area contributed by atoms with Gasteiger partial charge in [0.2, 0.25) is 5.69 Å². The Hall–Kier alpha value is -2.37. The average molecular weight is 288 g/mol. The van der Waals surface area contributed by atoms with E-state index in [2.05, 4.69) is 17.1 Å². The maximum Gasteiger partial charge on any atom is 0.360 e. The van der Waals surface area contributed by atoms with Crippen LogP contribution < -0.4 is 4.90 Å². The summed E-state index contributed by atoms with van der Waals surface area (Å²) in [6.45, 7) is 7.38. The van der Waals surface area contributed by atoms with Crippen molar-refractivity contribution in [2.24, 2.45) is 0 Å². The second kappa shape index (κ2) is 6.39. The molecular weight excluding hydrogens is 268 g/mol. The number of carboxylic acid groups (broad SMARTS) is 1. The van der Waals surface area contributed by atoms with Crippen LogP contribution in [0.1, 0.15) is 36.8 Å². The molecule has 0 fully saturated rings. The Balaban J connectivity index is 2.44. The van der Waals surface area contributed by atoms with Crippen molar-refractivity contribution in [3.63, 3.8) is 0 Å². The minimum absolute atomic E-state index is 0.0155. The molecule has 0 radical (unpaired) electrons. The van der Waals surface area contributed by atoms with Gasteiger partial charge in [-0.25, -0.2) is 4.79 Å². The van der Waals surface area contributed by atoms with Crippen LogP contribution in [0.5, 0.6) is 0 Å². The van der Waals surface area contributed by atoms with E-state index < -0.39 is 5.97 Å². The number of hydrogen-bond donors (Lipinski definition) is 1. The molecule has 0 aliphatic rings. The lowest BCUT2D eigenvalue weighted by Crippen LogP contribution is -2.24. The minimum atomic E-state index is -1.06. The summed E-state index contributed by atoms with van der Waals surface area (Å²) in [7, 11) is 0. The molecule has 6 heteroatoms. The quantitative estimate of drug-likeness (QED) is 0.883. The topological polar surface area (TPSA) is 71.2 Å². The highest BCUT2D eigenvalue weighted by Gasteiger charge is 2.22. The molecule has 1 aromatic carbocycles. The largest absolute Gasteiger partial charge is 0.476 e. The molecule has 0 aliphatic carbocycles. The summed E-state index contributed by atoms with van der Waals surface area (Å²) in [6, 6.07) is 7.79. The molecule has 1 N–H and O–H groups in total. The first-order chi connectivity index (χ1) is 10.1. The molecule has 0 unspecified atom stereocenters. The van der Waals surface area contributed by atoms with Gasteiger partial charge >= 0.3 is 5.97 Å². The van der Waals surface area contributed by atoms with Crippen molar-refractivity contribution < 1.29 is 9.90 Å². The Labute approximate surface area is 124 Å². The third-order valence-electron chi connectivity index (χ3n) is 3.44. The van der Waals surface area contributed by atoms with Gasteiger partial charge in [-0.05, 0) is 38.0 Å². The summed E-state index contributed by atoms with van der Waals surface area (Å²) in [6.07, 6.45) is 0.956. The Morgan fingerprint density at radius 3 is 2.24 bits per heavy atom. The van der Waals surface area contributed by atoms with Crippen LogP contribution in [-0.2, 0) is 6.42 Å². The zero-order valence-corrected chi connectivity index (χ0v) is 12.6. The highest BCUT2D eigenvalue weighted by Crippen LogP contribution is 2.18. The monoisotopic (exact) mass is 288 g/mol. The molecule has 2 aromatic rings. The number of anilines is 1. The van der Waals surface area contributed by atoms with Crippen molar-refractivity contribution >= 4 is 11.8 Å². The number of aromatic carboxylic acids is 1. The lowest BCUT2D eigenvalue weighted by Gasteiger charge is -2.17. The molecule has 0 spiro atoms. The molecule has 0 aliphatic heterocycles. The van der Waals surface area contributed by atoms with E-state index in [0.29, 0.717) is 18.9 Å². The van der Waals surface area contributed by atoms with Crippen LogP contribution in [-0.4, -0.2) is 39.2 Å². The van der Waals surface area contributed by atoms with Gasteiger partial charge in [-0.2, -0.15) is 0 Å². The molecule has 0 amide bonds. The smallest absolute Gasteiger partial charge is 0.360 e. The van der Waals surface area contributed by atoms with Crippen molar-refractivity contribution in [3.05, 3.63) is 35.5 Å². The highest BCUT2D eigenvalue weighted by atomic mass is 16.4. The van der Waals surface area contributed by atoms with Gasteiger partial charge in [-0.3, -0.25) is 0 Å². The molecule has 1 aromatic heterocycles. The average Bonchev–Trinajstić information content (AvgIpc) is 2.94. The van der Waals surface area contributed by atoms with Gasteiger partial charge in [0.25, 0.3) is 0 Å². The molecule has 21 heavy (non-hydrogen) atoms. The Morgan fingerprint density at radius 2 is 1.76 bits per heavy atom. The number of aromatic nitrogens is 3. The number of carbonyl (C=O) groups is 1. The second-order valence-corrected chi connectivity index (χ2v) is 4.66. The van der Waals surface area contributed by atoms with Crippen molar-refractivity contribution in [2.45, 2.75) is 27.2 Å². The Kier molecular flexibility index (Phi) is 4.57. The van der Waals surface area contributed by atoms with E-state index in [9.17, 15) is 9.90 Å². The van der Waals surface area contributed by atoms with Gasteiger partial charge in [0.1, 0.15) is 0 Å². The van der Waals surface area contributed by atoms with Crippen molar-refractivity contribution in [3.8, 4) is 5.69 Å². The minimum Gasteiger partial charge on any atom is -0.476 e. The standard InChI is InChI=1S/C15H20N4O2/c1-4-11-7-9-12(10-8-11)19-16-13(15(20)21)14(17-19)18(5-2)6-3/h7-10H,4-6H2,1-3H3,(H,20,21). The van der Waals surface area contributed by atoms with Gasteiger partial charge in [-0.15, -0.1) is 15.0 Å². The number of rotatable bonds is 6. The first-order valence-corrected chi connectivity index (χ1v) is 7.15. The van der Waals surface area contributed by atoms with Crippen molar-refractivity contribution in [1.82, 2.24) is 15.0 Å². The van der Waals surface area contributed by atoms with E-state index in [-0.39, 0.29) is 5.69 Å². The van der Waals surface area contributed by atoms with Crippen LogP contribution in [0.25, 0.3) is 5.69 Å². The number of carboxylic acids is 1. The molecular formula is C15H20N4O2.